The Hall–Kier alpha value is -2.06. The van der Waals surface area contributed by atoms with Crippen LogP contribution in [0, 0.1) is 6.92 Å². The van der Waals surface area contributed by atoms with Gasteiger partial charge in [-0.15, -0.1) is 0 Å². The first-order valence-electron chi connectivity index (χ1n) is 4.23. The summed E-state index contributed by atoms with van der Waals surface area (Å²) in [6.07, 6.45) is 0. The smallest absolute Gasteiger partial charge is 0.127 e. The van der Waals surface area contributed by atoms with E-state index >= 15 is 0 Å². The van der Waals surface area contributed by atoms with Gasteiger partial charge in [-0.25, -0.2) is 4.98 Å². The van der Waals surface area contributed by atoms with E-state index in [1.807, 2.05) is 31.2 Å². The molecule has 2 aromatic rings. The number of hydrogen-bond acceptors (Lipinski definition) is 2. The van der Waals surface area contributed by atoms with Gasteiger partial charge in [-0.3, -0.25) is 0 Å². The summed E-state index contributed by atoms with van der Waals surface area (Å²) in [6.45, 7) is 1.97. The van der Waals surface area contributed by atoms with E-state index in [-0.39, 0.29) is 0 Å². The SMILES string of the molecule is Cc1cc(N=[N+]=[N-])nc2ccccc12. The zero-order valence-electron chi connectivity index (χ0n) is 7.68. The molecule has 1 aromatic heterocycles. The Bertz CT molecular complexity index is 527. The second-order valence-corrected chi connectivity index (χ2v) is 3.00. The van der Waals surface area contributed by atoms with Gasteiger partial charge in [-0.2, -0.15) is 0 Å². The van der Waals surface area contributed by atoms with Gasteiger partial charge in [0, 0.05) is 10.3 Å². The van der Waals surface area contributed by atoms with Crippen LogP contribution in [-0.4, -0.2) is 4.98 Å². The number of hydrogen-bond donors (Lipinski definition) is 0. The number of azide groups is 1. The number of benzene rings is 1. The second-order valence-electron chi connectivity index (χ2n) is 3.00. The van der Waals surface area contributed by atoms with Crippen molar-refractivity contribution < 1.29 is 0 Å². The lowest BCUT2D eigenvalue weighted by atomic mass is 10.1. The molecule has 1 aromatic carbocycles. The highest BCUT2D eigenvalue weighted by molar-refractivity contribution is 5.83. The molecule has 0 aliphatic rings. The van der Waals surface area contributed by atoms with Gasteiger partial charge < -0.3 is 0 Å². The summed E-state index contributed by atoms with van der Waals surface area (Å²) < 4.78 is 0. The minimum atomic E-state index is 0.420. The number of para-hydroxylation sites is 1. The monoisotopic (exact) mass is 184 g/mol. The van der Waals surface area contributed by atoms with Crippen molar-refractivity contribution >= 4 is 16.7 Å². The van der Waals surface area contributed by atoms with Gasteiger partial charge in [0.2, 0.25) is 0 Å². The molecular formula is C10H8N4. The van der Waals surface area contributed by atoms with Crippen LogP contribution in [0.5, 0.6) is 0 Å². The third-order valence-electron chi connectivity index (χ3n) is 2.06. The Morgan fingerprint density at radius 2 is 2.14 bits per heavy atom. The molecule has 0 radical (unpaired) electrons. The van der Waals surface area contributed by atoms with Gasteiger partial charge in [0.15, 0.2) is 0 Å². The van der Waals surface area contributed by atoms with E-state index in [0.717, 1.165) is 16.5 Å². The standard InChI is InChI=1S/C10H8N4/c1-7-6-10(13-14-11)12-9-5-3-2-4-8(7)9/h2-6H,1H3. The number of nitrogens with zero attached hydrogens (tertiary/aromatic N) is 4. The van der Waals surface area contributed by atoms with Gasteiger partial charge in [0.1, 0.15) is 5.82 Å². The van der Waals surface area contributed by atoms with E-state index in [1.165, 1.54) is 0 Å². The predicted molar refractivity (Wildman–Crippen MR) is 55.3 cm³/mol. The number of pyridine rings is 1. The molecule has 4 heteroatoms. The zero-order chi connectivity index (χ0) is 9.97. The largest absolute Gasteiger partial charge is 0.246 e. The number of rotatable bonds is 1. The summed E-state index contributed by atoms with van der Waals surface area (Å²) in [6, 6.07) is 9.55. The van der Waals surface area contributed by atoms with Gasteiger partial charge in [-0.1, -0.05) is 18.2 Å². The molecule has 2 rings (SSSR count). The molecule has 0 bridgehead atoms. The lowest BCUT2D eigenvalue weighted by Gasteiger charge is -2.01. The number of aromatic nitrogens is 1. The first kappa shape index (κ1) is 8.53. The van der Waals surface area contributed by atoms with E-state index < -0.39 is 0 Å². The Labute approximate surface area is 80.8 Å². The maximum Gasteiger partial charge on any atom is 0.127 e. The molecular weight excluding hydrogens is 176 g/mol. The number of aryl methyl sites for hydroxylation is 1. The molecule has 0 saturated carbocycles. The van der Waals surface area contributed by atoms with Crippen LogP contribution in [-0.2, 0) is 0 Å². The lowest BCUT2D eigenvalue weighted by molar-refractivity contribution is 1.29. The summed E-state index contributed by atoms with van der Waals surface area (Å²) in [5, 5.41) is 4.57. The zero-order valence-corrected chi connectivity index (χ0v) is 7.68. The number of fused-ring (bicyclic) bond motifs is 1. The van der Waals surface area contributed by atoms with Crippen LogP contribution >= 0.6 is 0 Å². The molecule has 0 unspecified atom stereocenters. The van der Waals surface area contributed by atoms with Crippen LogP contribution in [0.3, 0.4) is 0 Å². The molecule has 1 heterocycles. The fraction of sp³-hybridized carbons (Fsp3) is 0.100. The van der Waals surface area contributed by atoms with Crippen molar-refractivity contribution in [2.24, 2.45) is 5.11 Å². The van der Waals surface area contributed by atoms with Crippen LogP contribution in [0.2, 0.25) is 0 Å². The maximum absolute atomic E-state index is 8.30. The van der Waals surface area contributed by atoms with E-state index in [0.29, 0.717) is 5.82 Å². The highest BCUT2D eigenvalue weighted by Gasteiger charge is 1.99. The second kappa shape index (κ2) is 3.36. The lowest BCUT2D eigenvalue weighted by Crippen LogP contribution is -1.82. The summed E-state index contributed by atoms with van der Waals surface area (Å²) in [7, 11) is 0. The Morgan fingerprint density at radius 1 is 1.36 bits per heavy atom. The Kier molecular flexibility index (Phi) is 2.05. The Morgan fingerprint density at radius 3 is 2.93 bits per heavy atom. The summed E-state index contributed by atoms with van der Waals surface area (Å²) in [5.41, 5.74) is 10.2. The van der Waals surface area contributed by atoms with Gasteiger partial charge in [0.05, 0.1) is 5.52 Å². The van der Waals surface area contributed by atoms with Crippen LogP contribution in [0.15, 0.2) is 35.4 Å². The molecule has 0 amide bonds. The predicted octanol–water partition coefficient (Wildman–Crippen LogP) is 3.49. The van der Waals surface area contributed by atoms with Crippen molar-refractivity contribution in [3.05, 3.63) is 46.3 Å². The van der Waals surface area contributed by atoms with E-state index in [2.05, 4.69) is 15.0 Å². The first-order chi connectivity index (χ1) is 6.81. The highest BCUT2D eigenvalue weighted by atomic mass is 15.2. The summed E-state index contributed by atoms with van der Waals surface area (Å²) in [5.74, 6) is 0.420. The average molecular weight is 184 g/mol. The molecule has 68 valence electrons. The normalized spacial score (nSPS) is 9.79. The summed E-state index contributed by atoms with van der Waals surface area (Å²) in [4.78, 5) is 6.92. The fourth-order valence-electron chi connectivity index (χ4n) is 1.43. The van der Waals surface area contributed by atoms with Gasteiger partial charge >= 0.3 is 0 Å². The van der Waals surface area contributed by atoms with Crippen molar-refractivity contribution in [2.75, 3.05) is 0 Å². The van der Waals surface area contributed by atoms with Gasteiger partial charge in [-0.05, 0) is 35.3 Å². The van der Waals surface area contributed by atoms with Crippen LogP contribution in [0.25, 0.3) is 21.3 Å². The van der Waals surface area contributed by atoms with Crippen molar-refractivity contribution in [2.45, 2.75) is 6.92 Å². The molecule has 0 aliphatic heterocycles. The Balaban J connectivity index is 2.78. The molecule has 0 spiro atoms. The van der Waals surface area contributed by atoms with E-state index in [9.17, 15) is 0 Å². The molecule has 0 atom stereocenters. The molecule has 0 aliphatic carbocycles. The topological polar surface area (TPSA) is 61.7 Å². The van der Waals surface area contributed by atoms with Crippen LogP contribution in [0.1, 0.15) is 5.56 Å². The summed E-state index contributed by atoms with van der Waals surface area (Å²) >= 11 is 0. The molecule has 4 nitrogen and oxygen atoms in total. The fourth-order valence-corrected chi connectivity index (χ4v) is 1.43. The van der Waals surface area contributed by atoms with E-state index in [1.54, 1.807) is 6.07 Å². The van der Waals surface area contributed by atoms with Crippen LogP contribution < -0.4 is 0 Å². The minimum absolute atomic E-state index is 0.420. The first-order valence-corrected chi connectivity index (χ1v) is 4.23. The minimum Gasteiger partial charge on any atom is -0.246 e. The molecule has 0 fully saturated rings. The van der Waals surface area contributed by atoms with Crippen molar-refractivity contribution in [1.82, 2.24) is 4.98 Å². The molecule has 0 saturated heterocycles. The van der Waals surface area contributed by atoms with Crippen molar-refractivity contribution in [3.63, 3.8) is 0 Å². The van der Waals surface area contributed by atoms with Crippen LogP contribution in [0.4, 0.5) is 5.82 Å². The van der Waals surface area contributed by atoms with Crippen molar-refractivity contribution in [3.8, 4) is 0 Å². The molecule has 14 heavy (non-hydrogen) atoms. The quantitative estimate of drug-likeness (QED) is 0.380. The van der Waals surface area contributed by atoms with E-state index in [4.69, 9.17) is 5.53 Å². The third kappa shape index (κ3) is 1.39. The third-order valence-corrected chi connectivity index (χ3v) is 2.06. The molecule has 0 N–H and O–H groups in total. The van der Waals surface area contributed by atoms with Gasteiger partial charge in [0.25, 0.3) is 0 Å². The average Bonchev–Trinajstić information content (AvgIpc) is 2.18. The maximum atomic E-state index is 8.30. The van der Waals surface area contributed by atoms with Crippen molar-refractivity contribution in [1.29, 1.82) is 0 Å². The highest BCUT2D eigenvalue weighted by Crippen LogP contribution is 2.21.